The first kappa shape index (κ1) is 17.4. The number of nitrogens with zero attached hydrogens (tertiary/aromatic N) is 2. The maximum absolute atomic E-state index is 13.5. The monoisotopic (exact) mass is 362 g/mol. The number of likely N-dealkylation sites (tertiary alicyclic amines) is 2. The van der Waals surface area contributed by atoms with Crippen molar-refractivity contribution >= 4 is 11.8 Å². The van der Waals surface area contributed by atoms with Gasteiger partial charge in [0.1, 0.15) is 0 Å². The number of carbonyl (C=O) groups excluding carboxylic acids is 2. The van der Waals surface area contributed by atoms with Crippen LogP contribution in [0.25, 0.3) is 0 Å². The molecule has 3 fully saturated rings. The molecule has 0 N–H and O–H groups in total. The van der Waals surface area contributed by atoms with Gasteiger partial charge >= 0.3 is 0 Å². The van der Waals surface area contributed by atoms with Crippen molar-refractivity contribution in [3.05, 3.63) is 35.4 Å². The minimum atomic E-state index is -0.892. The van der Waals surface area contributed by atoms with Crippen molar-refractivity contribution in [2.24, 2.45) is 10.8 Å². The molecule has 3 aliphatic rings. The molecule has 140 valence electrons. The summed E-state index contributed by atoms with van der Waals surface area (Å²) in [5.41, 5.74) is -0.127. The van der Waals surface area contributed by atoms with Gasteiger partial charge in [-0.15, -0.1) is 0 Å². The molecule has 0 bridgehead atoms. The zero-order valence-electron chi connectivity index (χ0n) is 15.1. The summed E-state index contributed by atoms with van der Waals surface area (Å²) in [6.45, 7) is 4.03. The molecule has 2 aliphatic heterocycles. The van der Waals surface area contributed by atoms with Crippen LogP contribution < -0.4 is 0 Å². The third-order valence-corrected chi connectivity index (χ3v) is 6.34. The maximum atomic E-state index is 13.5. The first-order valence-corrected chi connectivity index (χ1v) is 9.36. The highest BCUT2D eigenvalue weighted by atomic mass is 19.2. The highest BCUT2D eigenvalue weighted by Crippen LogP contribution is 2.49. The normalized spacial score (nSPS) is 27.3. The van der Waals surface area contributed by atoms with Crippen LogP contribution in [-0.4, -0.2) is 41.2 Å². The van der Waals surface area contributed by atoms with Gasteiger partial charge in [0.2, 0.25) is 11.8 Å². The number of rotatable bonds is 3. The van der Waals surface area contributed by atoms with Crippen LogP contribution in [-0.2, 0) is 16.1 Å². The second kappa shape index (κ2) is 6.03. The summed E-state index contributed by atoms with van der Waals surface area (Å²) < 4.78 is 26.6. The van der Waals surface area contributed by atoms with Gasteiger partial charge in [0.05, 0.1) is 5.41 Å². The molecule has 4 rings (SSSR count). The van der Waals surface area contributed by atoms with Crippen LogP contribution in [0.3, 0.4) is 0 Å². The Hall–Kier alpha value is -1.98. The third kappa shape index (κ3) is 2.89. The van der Waals surface area contributed by atoms with E-state index in [9.17, 15) is 18.4 Å². The van der Waals surface area contributed by atoms with Crippen LogP contribution in [0, 0.1) is 22.5 Å². The quantitative estimate of drug-likeness (QED) is 0.829. The first-order valence-electron chi connectivity index (χ1n) is 9.36. The molecule has 0 unspecified atom stereocenters. The van der Waals surface area contributed by atoms with Crippen molar-refractivity contribution in [2.45, 2.75) is 45.6 Å². The van der Waals surface area contributed by atoms with Gasteiger partial charge in [-0.1, -0.05) is 13.0 Å². The smallest absolute Gasteiger partial charge is 0.230 e. The third-order valence-electron chi connectivity index (χ3n) is 6.34. The Bertz CT molecular complexity index is 762. The molecule has 2 amide bonds. The van der Waals surface area contributed by atoms with Crippen LogP contribution in [0.2, 0.25) is 0 Å². The zero-order valence-corrected chi connectivity index (χ0v) is 15.1. The molecule has 1 saturated carbocycles. The lowest BCUT2D eigenvalue weighted by Crippen LogP contribution is -2.50. The molecule has 26 heavy (non-hydrogen) atoms. The molecule has 1 aliphatic carbocycles. The van der Waals surface area contributed by atoms with E-state index in [0.29, 0.717) is 31.6 Å². The lowest BCUT2D eigenvalue weighted by Gasteiger charge is -2.39. The lowest BCUT2D eigenvalue weighted by atomic mass is 9.78. The Morgan fingerprint density at radius 1 is 1.12 bits per heavy atom. The summed E-state index contributed by atoms with van der Waals surface area (Å²) in [6, 6.07) is 3.77. The maximum Gasteiger partial charge on any atom is 0.230 e. The van der Waals surface area contributed by atoms with Crippen LogP contribution in [0.1, 0.15) is 44.6 Å². The summed E-state index contributed by atoms with van der Waals surface area (Å²) >= 11 is 0. The SMILES string of the molecule is CC1(C(=O)N2CC[C@]3(CCCN(Cc4ccc(F)c(F)c4)C3=O)C2)CC1. The average molecular weight is 362 g/mol. The predicted molar refractivity (Wildman–Crippen MR) is 92.0 cm³/mol. The summed E-state index contributed by atoms with van der Waals surface area (Å²) in [4.78, 5) is 29.4. The van der Waals surface area contributed by atoms with E-state index in [1.54, 1.807) is 4.90 Å². The summed E-state index contributed by atoms with van der Waals surface area (Å²) in [5, 5.41) is 0. The van der Waals surface area contributed by atoms with Crippen molar-refractivity contribution in [1.82, 2.24) is 9.80 Å². The fraction of sp³-hybridized carbons (Fsp3) is 0.600. The number of hydrogen-bond donors (Lipinski definition) is 0. The topological polar surface area (TPSA) is 40.6 Å². The molecule has 1 spiro atoms. The molecule has 4 nitrogen and oxygen atoms in total. The highest BCUT2D eigenvalue weighted by molar-refractivity contribution is 5.88. The number of halogens is 2. The second-order valence-corrected chi connectivity index (χ2v) is 8.40. The number of carbonyl (C=O) groups is 2. The molecule has 6 heteroatoms. The van der Waals surface area contributed by atoms with Crippen LogP contribution in [0.15, 0.2) is 18.2 Å². The zero-order chi connectivity index (χ0) is 18.5. The molecular weight excluding hydrogens is 338 g/mol. The fourth-order valence-corrected chi connectivity index (χ4v) is 4.37. The summed E-state index contributed by atoms with van der Waals surface area (Å²) in [7, 11) is 0. The van der Waals surface area contributed by atoms with Crippen molar-refractivity contribution in [1.29, 1.82) is 0 Å². The Balaban J connectivity index is 1.47. The highest BCUT2D eigenvalue weighted by Gasteiger charge is 2.54. The van der Waals surface area contributed by atoms with Crippen LogP contribution in [0.5, 0.6) is 0 Å². The first-order chi connectivity index (χ1) is 12.3. The second-order valence-electron chi connectivity index (χ2n) is 8.40. The molecule has 1 aromatic rings. The number of hydrogen-bond acceptors (Lipinski definition) is 2. The van der Waals surface area contributed by atoms with Crippen molar-refractivity contribution in [3.8, 4) is 0 Å². The van der Waals surface area contributed by atoms with Gasteiger partial charge in [0.15, 0.2) is 11.6 Å². The Morgan fingerprint density at radius 2 is 1.88 bits per heavy atom. The van der Waals surface area contributed by atoms with E-state index in [-0.39, 0.29) is 23.8 Å². The van der Waals surface area contributed by atoms with E-state index in [0.717, 1.165) is 37.8 Å². The lowest BCUT2D eigenvalue weighted by molar-refractivity contribution is -0.147. The van der Waals surface area contributed by atoms with Crippen molar-refractivity contribution < 1.29 is 18.4 Å². The van der Waals surface area contributed by atoms with Gasteiger partial charge in [-0.25, -0.2) is 8.78 Å². The van der Waals surface area contributed by atoms with Gasteiger partial charge in [0.25, 0.3) is 0 Å². The molecule has 0 radical (unpaired) electrons. The van der Waals surface area contributed by atoms with Gasteiger partial charge in [-0.05, 0) is 49.8 Å². The van der Waals surface area contributed by atoms with E-state index in [1.165, 1.54) is 6.07 Å². The van der Waals surface area contributed by atoms with Gasteiger partial charge in [-0.3, -0.25) is 9.59 Å². The number of piperidine rings is 1. The van der Waals surface area contributed by atoms with E-state index < -0.39 is 17.0 Å². The van der Waals surface area contributed by atoms with Crippen molar-refractivity contribution in [3.63, 3.8) is 0 Å². The molecule has 2 saturated heterocycles. The van der Waals surface area contributed by atoms with Gasteiger partial charge in [-0.2, -0.15) is 0 Å². The van der Waals surface area contributed by atoms with E-state index in [2.05, 4.69) is 0 Å². The molecule has 2 heterocycles. The molecule has 1 atom stereocenters. The van der Waals surface area contributed by atoms with Gasteiger partial charge in [0, 0.05) is 31.6 Å². The van der Waals surface area contributed by atoms with Crippen molar-refractivity contribution in [2.75, 3.05) is 19.6 Å². The minimum Gasteiger partial charge on any atom is -0.341 e. The van der Waals surface area contributed by atoms with E-state index >= 15 is 0 Å². The minimum absolute atomic E-state index is 0.0460. The standard InChI is InChI=1S/C20H24F2N2O2/c1-19(6-7-19)17(25)24-10-8-20(13-24)5-2-9-23(18(20)26)12-14-3-4-15(21)16(22)11-14/h3-4,11H,2,5-10,12-13H2,1H3/t20-/m1/s1. The van der Waals surface area contributed by atoms with Crippen LogP contribution in [0.4, 0.5) is 8.78 Å². The summed E-state index contributed by atoms with van der Waals surface area (Å²) in [6.07, 6.45) is 4.23. The Morgan fingerprint density at radius 3 is 2.58 bits per heavy atom. The average Bonchev–Trinajstić information content (AvgIpc) is 3.23. The van der Waals surface area contributed by atoms with Crippen LogP contribution >= 0.6 is 0 Å². The molecular formula is C20H24F2N2O2. The Labute approximate surface area is 152 Å². The fourth-order valence-electron chi connectivity index (χ4n) is 4.37. The number of benzene rings is 1. The van der Waals surface area contributed by atoms with Gasteiger partial charge < -0.3 is 9.80 Å². The summed E-state index contributed by atoms with van der Waals surface area (Å²) in [5.74, 6) is -1.55. The predicted octanol–water partition coefficient (Wildman–Crippen LogP) is 3.11. The molecule has 0 aromatic heterocycles. The largest absolute Gasteiger partial charge is 0.341 e. The Kier molecular flexibility index (Phi) is 4.04. The van der Waals surface area contributed by atoms with E-state index in [1.807, 2.05) is 11.8 Å². The molecule has 1 aromatic carbocycles. The van der Waals surface area contributed by atoms with E-state index in [4.69, 9.17) is 0 Å². The number of amides is 2.